The summed E-state index contributed by atoms with van der Waals surface area (Å²) in [5.41, 5.74) is 1.07. The van der Waals surface area contributed by atoms with Crippen molar-refractivity contribution in [2.24, 2.45) is 5.92 Å². The van der Waals surface area contributed by atoms with Gasteiger partial charge in [0.25, 0.3) is 0 Å². The third kappa shape index (κ3) is 4.47. The van der Waals surface area contributed by atoms with Crippen molar-refractivity contribution >= 4 is 0 Å². The molecule has 0 bridgehead atoms. The lowest BCUT2D eigenvalue weighted by molar-refractivity contribution is 0.362. The Kier molecular flexibility index (Phi) is 6.20. The smallest absolute Gasteiger partial charge is 0.123 e. The van der Waals surface area contributed by atoms with E-state index >= 15 is 0 Å². The molecule has 1 aromatic rings. The molecular formula is C15H24FN. The van der Waals surface area contributed by atoms with Crippen LogP contribution in [0.4, 0.5) is 4.39 Å². The maximum atomic E-state index is 13.3. The molecule has 0 aliphatic rings. The molecule has 0 heterocycles. The van der Waals surface area contributed by atoms with Crippen molar-refractivity contribution < 1.29 is 4.39 Å². The fourth-order valence-corrected chi connectivity index (χ4v) is 2.27. The molecule has 96 valence electrons. The normalized spacial score (nSPS) is 14.6. The zero-order chi connectivity index (χ0) is 12.7. The average molecular weight is 237 g/mol. The first-order chi connectivity index (χ1) is 8.19. The Morgan fingerprint density at radius 1 is 1.24 bits per heavy atom. The van der Waals surface area contributed by atoms with Crippen molar-refractivity contribution in [3.8, 4) is 0 Å². The molecule has 0 aromatic heterocycles. The summed E-state index contributed by atoms with van der Waals surface area (Å²) in [6, 6.07) is 7.24. The highest BCUT2D eigenvalue weighted by molar-refractivity contribution is 5.20. The van der Waals surface area contributed by atoms with Gasteiger partial charge in [0.15, 0.2) is 0 Å². The SMILES string of the molecule is CCCNC(c1cccc(F)c1)C(C)CCC. The molecule has 0 amide bonds. The van der Waals surface area contributed by atoms with E-state index in [1.165, 1.54) is 12.5 Å². The molecule has 2 unspecified atom stereocenters. The van der Waals surface area contributed by atoms with E-state index in [0.29, 0.717) is 5.92 Å². The summed E-state index contributed by atoms with van der Waals surface area (Å²) in [4.78, 5) is 0. The van der Waals surface area contributed by atoms with Crippen LogP contribution >= 0.6 is 0 Å². The Morgan fingerprint density at radius 2 is 2.00 bits per heavy atom. The lowest BCUT2D eigenvalue weighted by atomic mass is 9.91. The van der Waals surface area contributed by atoms with E-state index in [4.69, 9.17) is 0 Å². The third-order valence-electron chi connectivity index (χ3n) is 3.14. The molecular weight excluding hydrogens is 213 g/mol. The second-order valence-electron chi connectivity index (χ2n) is 4.75. The number of hydrogen-bond acceptors (Lipinski definition) is 1. The largest absolute Gasteiger partial charge is 0.310 e. The van der Waals surface area contributed by atoms with Gasteiger partial charge in [0.1, 0.15) is 5.82 Å². The first kappa shape index (κ1) is 14.2. The van der Waals surface area contributed by atoms with Gasteiger partial charge >= 0.3 is 0 Å². The first-order valence-electron chi connectivity index (χ1n) is 6.67. The van der Waals surface area contributed by atoms with Crippen LogP contribution in [0.1, 0.15) is 51.6 Å². The number of benzene rings is 1. The Labute approximate surface area is 104 Å². The molecule has 0 saturated heterocycles. The van der Waals surface area contributed by atoms with Crippen molar-refractivity contribution in [1.82, 2.24) is 5.32 Å². The summed E-state index contributed by atoms with van der Waals surface area (Å²) >= 11 is 0. The van der Waals surface area contributed by atoms with Crippen molar-refractivity contribution in [1.29, 1.82) is 0 Å². The number of hydrogen-bond donors (Lipinski definition) is 1. The van der Waals surface area contributed by atoms with E-state index in [1.807, 2.05) is 6.07 Å². The topological polar surface area (TPSA) is 12.0 Å². The number of nitrogens with one attached hydrogen (secondary N) is 1. The summed E-state index contributed by atoms with van der Waals surface area (Å²) < 4.78 is 13.3. The molecule has 0 fully saturated rings. The highest BCUT2D eigenvalue weighted by Crippen LogP contribution is 2.25. The molecule has 1 nitrogen and oxygen atoms in total. The lowest BCUT2D eigenvalue weighted by Crippen LogP contribution is -2.27. The summed E-state index contributed by atoms with van der Waals surface area (Å²) in [7, 11) is 0. The zero-order valence-corrected chi connectivity index (χ0v) is 11.2. The second-order valence-corrected chi connectivity index (χ2v) is 4.75. The molecule has 2 heteroatoms. The predicted octanol–water partition coefficient (Wildman–Crippen LogP) is 4.30. The number of rotatable bonds is 7. The minimum Gasteiger partial charge on any atom is -0.310 e. The lowest BCUT2D eigenvalue weighted by Gasteiger charge is -2.25. The molecule has 0 spiro atoms. The summed E-state index contributed by atoms with van der Waals surface area (Å²) in [5.74, 6) is 0.392. The zero-order valence-electron chi connectivity index (χ0n) is 11.2. The van der Waals surface area contributed by atoms with Crippen LogP contribution < -0.4 is 5.32 Å². The van der Waals surface area contributed by atoms with Gasteiger partial charge in [-0.05, 0) is 43.0 Å². The van der Waals surface area contributed by atoms with Crippen molar-refractivity contribution in [2.45, 2.75) is 46.1 Å². The van der Waals surface area contributed by atoms with Crippen LogP contribution in [0, 0.1) is 11.7 Å². The van der Waals surface area contributed by atoms with E-state index < -0.39 is 0 Å². The monoisotopic (exact) mass is 237 g/mol. The van der Waals surface area contributed by atoms with Gasteiger partial charge in [-0.15, -0.1) is 0 Å². The van der Waals surface area contributed by atoms with Gasteiger partial charge in [0, 0.05) is 6.04 Å². The minimum absolute atomic E-state index is 0.144. The summed E-state index contributed by atoms with van der Waals surface area (Å²) in [5, 5.41) is 3.53. The van der Waals surface area contributed by atoms with Crippen LogP contribution in [0.25, 0.3) is 0 Å². The summed E-state index contributed by atoms with van der Waals surface area (Å²) in [6.07, 6.45) is 3.43. The van der Waals surface area contributed by atoms with Crippen LogP contribution in [0.5, 0.6) is 0 Å². The van der Waals surface area contributed by atoms with E-state index in [2.05, 4.69) is 26.1 Å². The molecule has 0 radical (unpaired) electrons. The molecule has 0 aliphatic carbocycles. The maximum Gasteiger partial charge on any atom is 0.123 e. The molecule has 1 N–H and O–H groups in total. The second kappa shape index (κ2) is 7.44. The fourth-order valence-electron chi connectivity index (χ4n) is 2.27. The van der Waals surface area contributed by atoms with Gasteiger partial charge in [0.05, 0.1) is 0 Å². The van der Waals surface area contributed by atoms with Crippen LogP contribution in [0.15, 0.2) is 24.3 Å². The van der Waals surface area contributed by atoms with Crippen molar-refractivity contribution in [3.63, 3.8) is 0 Å². The van der Waals surface area contributed by atoms with Gasteiger partial charge in [-0.1, -0.05) is 39.3 Å². The van der Waals surface area contributed by atoms with Crippen LogP contribution in [-0.2, 0) is 0 Å². The van der Waals surface area contributed by atoms with E-state index in [1.54, 1.807) is 12.1 Å². The van der Waals surface area contributed by atoms with Crippen LogP contribution in [0.3, 0.4) is 0 Å². The first-order valence-corrected chi connectivity index (χ1v) is 6.67. The molecule has 2 atom stereocenters. The maximum absolute atomic E-state index is 13.3. The highest BCUT2D eigenvalue weighted by Gasteiger charge is 2.18. The van der Waals surface area contributed by atoms with Gasteiger partial charge in [-0.25, -0.2) is 4.39 Å². The van der Waals surface area contributed by atoms with Gasteiger partial charge in [0.2, 0.25) is 0 Å². The highest BCUT2D eigenvalue weighted by atomic mass is 19.1. The van der Waals surface area contributed by atoms with Gasteiger partial charge < -0.3 is 5.32 Å². The third-order valence-corrected chi connectivity index (χ3v) is 3.14. The van der Waals surface area contributed by atoms with E-state index in [-0.39, 0.29) is 11.9 Å². The molecule has 17 heavy (non-hydrogen) atoms. The van der Waals surface area contributed by atoms with Crippen LogP contribution in [-0.4, -0.2) is 6.54 Å². The molecule has 0 saturated carbocycles. The van der Waals surface area contributed by atoms with Gasteiger partial charge in [-0.3, -0.25) is 0 Å². The summed E-state index contributed by atoms with van der Waals surface area (Å²) in [6.45, 7) is 7.57. The fraction of sp³-hybridized carbons (Fsp3) is 0.600. The quantitative estimate of drug-likeness (QED) is 0.745. The number of halogens is 1. The standard InChI is InChI=1S/C15H24FN/c1-4-7-12(3)15(17-10-5-2)13-8-6-9-14(16)11-13/h6,8-9,11-12,15,17H,4-5,7,10H2,1-3H3. The van der Waals surface area contributed by atoms with E-state index in [0.717, 1.165) is 24.9 Å². The molecule has 0 aliphatic heterocycles. The Balaban J connectivity index is 2.81. The Hall–Kier alpha value is -0.890. The van der Waals surface area contributed by atoms with Crippen LogP contribution in [0.2, 0.25) is 0 Å². The Morgan fingerprint density at radius 3 is 2.59 bits per heavy atom. The van der Waals surface area contributed by atoms with E-state index in [9.17, 15) is 4.39 Å². The molecule has 1 aromatic carbocycles. The molecule has 1 rings (SSSR count). The predicted molar refractivity (Wildman–Crippen MR) is 71.5 cm³/mol. The van der Waals surface area contributed by atoms with Crippen molar-refractivity contribution in [2.75, 3.05) is 6.54 Å². The minimum atomic E-state index is -0.144. The average Bonchev–Trinajstić information content (AvgIpc) is 2.30. The van der Waals surface area contributed by atoms with Crippen molar-refractivity contribution in [3.05, 3.63) is 35.6 Å². The van der Waals surface area contributed by atoms with Gasteiger partial charge in [-0.2, -0.15) is 0 Å². The Bertz CT molecular complexity index is 324.